The van der Waals surface area contributed by atoms with Gasteiger partial charge < -0.3 is 15.4 Å². The molecule has 1 aromatic heterocycles. The Kier molecular flexibility index (Phi) is 7.11. The van der Waals surface area contributed by atoms with E-state index in [0.29, 0.717) is 30.9 Å². The molecule has 3 amide bonds. The van der Waals surface area contributed by atoms with E-state index in [9.17, 15) is 9.59 Å². The summed E-state index contributed by atoms with van der Waals surface area (Å²) >= 11 is 1.67. The lowest BCUT2D eigenvalue weighted by molar-refractivity contribution is 0.0948. The van der Waals surface area contributed by atoms with Crippen molar-refractivity contribution < 1.29 is 14.3 Å². The highest BCUT2D eigenvalue weighted by Crippen LogP contribution is 2.36. The number of methoxy groups -OCH3 is 1. The van der Waals surface area contributed by atoms with Gasteiger partial charge in [0.25, 0.3) is 5.91 Å². The lowest BCUT2D eigenvalue weighted by Gasteiger charge is -2.30. The molecule has 1 aliphatic heterocycles. The van der Waals surface area contributed by atoms with Gasteiger partial charge in [-0.2, -0.15) is 0 Å². The van der Waals surface area contributed by atoms with Gasteiger partial charge in [0.15, 0.2) is 0 Å². The molecule has 2 aromatic rings. The van der Waals surface area contributed by atoms with Crippen molar-refractivity contribution in [3.63, 3.8) is 0 Å². The van der Waals surface area contributed by atoms with Gasteiger partial charge in [-0.05, 0) is 50.1 Å². The summed E-state index contributed by atoms with van der Waals surface area (Å²) in [5, 5.41) is 6.65. The third-order valence-electron chi connectivity index (χ3n) is 4.53. The summed E-state index contributed by atoms with van der Waals surface area (Å²) in [6.45, 7) is 5.69. The smallest absolute Gasteiger partial charge is 0.326 e. The van der Waals surface area contributed by atoms with Crippen LogP contribution in [0, 0.1) is 13.8 Å². The molecule has 2 heterocycles. The Balaban J connectivity index is 1.70. The zero-order chi connectivity index (χ0) is 20.8. The molecule has 1 aliphatic rings. The van der Waals surface area contributed by atoms with Gasteiger partial charge in [0.2, 0.25) is 0 Å². The quantitative estimate of drug-likeness (QED) is 0.706. The van der Waals surface area contributed by atoms with Crippen molar-refractivity contribution in [2.24, 2.45) is 0 Å². The first-order chi connectivity index (χ1) is 14.0. The SMILES string of the molecule is COCCCNC(=O)c1cccc(NC(=O)N2CCSc3nc(C)cc(C)c32)c1. The number of carbonyl (C=O) groups is 2. The molecule has 1 aromatic carbocycles. The molecule has 0 atom stereocenters. The maximum absolute atomic E-state index is 13.0. The van der Waals surface area contributed by atoms with Gasteiger partial charge in [0.1, 0.15) is 5.03 Å². The number of benzene rings is 1. The Bertz CT molecular complexity index is 903. The molecule has 29 heavy (non-hydrogen) atoms. The van der Waals surface area contributed by atoms with Gasteiger partial charge in [-0.1, -0.05) is 6.07 Å². The lowest BCUT2D eigenvalue weighted by atomic mass is 10.2. The van der Waals surface area contributed by atoms with E-state index in [1.165, 1.54) is 0 Å². The highest BCUT2D eigenvalue weighted by Gasteiger charge is 2.26. The molecular formula is C21H26N4O3S. The molecule has 0 bridgehead atoms. The fourth-order valence-electron chi connectivity index (χ4n) is 3.22. The number of nitrogens with zero attached hydrogens (tertiary/aromatic N) is 2. The molecular weight excluding hydrogens is 388 g/mol. The first-order valence-electron chi connectivity index (χ1n) is 9.56. The van der Waals surface area contributed by atoms with Crippen molar-refractivity contribution >= 4 is 35.1 Å². The van der Waals surface area contributed by atoms with Crippen LogP contribution >= 0.6 is 11.8 Å². The van der Waals surface area contributed by atoms with E-state index in [-0.39, 0.29) is 11.9 Å². The van der Waals surface area contributed by atoms with Crippen LogP contribution < -0.4 is 15.5 Å². The van der Waals surface area contributed by atoms with Crippen LogP contribution in [0.2, 0.25) is 0 Å². The summed E-state index contributed by atoms with van der Waals surface area (Å²) in [6, 6.07) is 8.71. The number of urea groups is 1. The fraction of sp³-hybridized carbons (Fsp3) is 0.381. The van der Waals surface area contributed by atoms with Gasteiger partial charge in [-0.3, -0.25) is 9.69 Å². The summed E-state index contributed by atoms with van der Waals surface area (Å²) < 4.78 is 4.98. The van der Waals surface area contributed by atoms with Crippen molar-refractivity contribution in [3.05, 3.63) is 47.2 Å². The number of hydrogen-bond acceptors (Lipinski definition) is 5. The summed E-state index contributed by atoms with van der Waals surface area (Å²) in [6.07, 6.45) is 0.748. The number of carbonyl (C=O) groups excluding carboxylic acids is 2. The zero-order valence-corrected chi connectivity index (χ0v) is 17.8. The van der Waals surface area contributed by atoms with E-state index in [2.05, 4.69) is 15.6 Å². The topological polar surface area (TPSA) is 83.6 Å². The predicted octanol–water partition coefficient (Wildman–Crippen LogP) is 3.61. The van der Waals surface area contributed by atoms with Crippen LogP contribution in [0.4, 0.5) is 16.2 Å². The number of ether oxygens (including phenoxy) is 1. The van der Waals surface area contributed by atoms with Crippen LogP contribution in [-0.4, -0.2) is 49.5 Å². The van der Waals surface area contributed by atoms with E-state index in [4.69, 9.17) is 4.74 Å². The predicted molar refractivity (Wildman–Crippen MR) is 116 cm³/mol. The first-order valence-corrected chi connectivity index (χ1v) is 10.5. The molecule has 0 spiro atoms. The number of aryl methyl sites for hydroxylation is 2. The van der Waals surface area contributed by atoms with Gasteiger partial charge in [-0.15, -0.1) is 11.8 Å². The van der Waals surface area contributed by atoms with Crippen LogP contribution in [-0.2, 0) is 4.74 Å². The third-order valence-corrected chi connectivity index (χ3v) is 5.48. The number of hydrogen-bond donors (Lipinski definition) is 2. The Morgan fingerprint density at radius 2 is 2.10 bits per heavy atom. The maximum atomic E-state index is 13.0. The maximum Gasteiger partial charge on any atom is 0.326 e. The molecule has 0 aliphatic carbocycles. The van der Waals surface area contributed by atoms with E-state index in [1.54, 1.807) is 48.0 Å². The molecule has 0 radical (unpaired) electrons. The van der Waals surface area contributed by atoms with Gasteiger partial charge in [0.05, 0.1) is 5.69 Å². The Morgan fingerprint density at radius 3 is 2.90 bits per heavy atom. The Morgan fingerprint density at radius 1 is 1.28 bits per heavy atom. The summed E-state index contributed by atoms with van der Waals surface area (Å²) in [5.41, 5.74) is 3.91. The highest BCUT2D eigenvalue weighted by atomic mass is 32.2. The zero-order valence-electron chi connectivity index (χ0n) is 16.9. The number of fused-ring (bicyclic) bond motifs is 1. The summed E-state index contributed by atoms with van der Waals surface area (Å²) in [4.78, 5) is 31.6. The molecule has 0 unspecified atom stereocenters. The average Bonchev–Trinajstić information content (AvgIpc) is 2.70. The molecule has 0 saturated carbocycles. The van der Waals surface area contributed by atoms with E-state index >= 15 is 0 Å². The monoisotopic (exact) mass is 414 g/mol. The second kappa shape index (κ2) is 9.76. The second-order valence-corrected chi connectivity index (χ2v) is 7.93. The van der Waals surface area contributed by atoms with E-state index in [1.807, 2.05) is 19.9 Å². The number of thioether (sulfide) groups is 1. The second-order valence-electron chi connectivity index (χ2n) is 6.85. The van der Waals surface area contributed by atoms with E-state index < -0.39 is 0 Å². The molecule has 0 saturated heterocycles. The number of pyridine rings is 1. The van der Waals surface area contributed by atoms with Gasteiger partial charge >= 0.3 is 6.03 Å². The minimum atomic E-state index is -0.224. The standard InChI is InChI=1S/C21H26N4O3S/c1-14-12-15(2)23-20-18(14)25(9-11-29-20)21(27)24-17-7-4-6-16(13-17)19(26)22-8-5-10-28-3/h4,6-7,12-13H,5,8-11H2,1-3H3,(H,22,26)(H,24,27). The summed E-state index contributed by atoms with van der Waals surface area (Å²) in [5.74, 6) is 0.618. The minimum absolute atomic E-state index is 0.174. The lowest BCUT2D eigenvalue weighted by Crippen LogP contribution is -2.39. The van der Waals surface area contributed by atoms with Gasteiger partial charge in [-0.25, -0.2) is 9.78 Å². The highest BCUT2D eigenvalue weighted by molar-refractivity contribution is 7.99. The van der Waals surface area contributed by atoms with Crippen molar-refractivity contribution in [2.75, 3.05) is 42.8 Å². The van der Waals surface area contributed by atoms with Crippen LogP contribution in [0.3, 0.4) is 0 Å². The number of anilines is 2. The number of rotatable bonds is 6. The van der Waals surface area contributed by atoms with Crippen LogP contribution in [0.1, 0.15) is 28.0 Å². The molecule has 7 nitrogen and oxygen atoms in total. The third kappa shape index (κ3) is 5.27. The van der Waals surface area contributed by atoms with Crippen LogP contribution in [0.25, 0.3) is 0 Å². The van der Waals surface area contributed by atoms with Crippen molar-refractivity contribution in [3.8, 4) is 0 Å². The minimum Gasteiger partial charge on any atom is -0.385 e. The normalized spacial score (nSPS) is 13.0. The van der Waals surface area contributed by atoms with Crippen molar-refractivity contribution in [1.29, 1.82) is 0 Å². The van der Waals surface area contributed by atoms with Crippen molar-refractivity contribution in [1.82, 2.24) is 10.3 Å². The fourth-order valence-corrected chi connectivity index (χ4v) is 4.31. The molecule has 154 valence electrons. The molecule has 3 rings (SSSR count). The first kappa shape index (κ1) is 21.1. The Labute approximate surface area is 175 Å². The Hall–Kier alpha value is -2.58. The average molecular weight is 415 g/mol. The summed E-state index contributed by atoms with van der Waals surface area (Å²) in [7, 11) is 1.63. The molecule has 2 N–H and O–H groups in total. The molecule has 0 fully saturated rings. The molecule has 8 heteroatoms. The van der Waals surface area contributed by atoms with Crippen LogP contribution in [0.15, 0.2) is 35.4 Å². The number of aromatic nitrogens is 1. The number of nitrogens with one attached hydrogen (secondary N) is 2. The number of amides is 3. The van der Waals surface area contributed by atoms with Crippen LogP contribution in [0.5, 0.6) is 0 Å². The van der Waals surface area contributed by atoms with Crippen molar-refractivity contribution in [2.45, 2.75) is 25.3 Å². The van der Waals surface area contributed by atoms with Gasteiger partial charge in [0, 0.05) is 49.5 Å². The largest absolute Gasteiger partial charge is 0.385 e. The van der Waals surface area contributed by atoms with E-state index in [0.717, 1.165) is 34.1 Å².